The van der Waals surface area contributed by atoms with E-state index in [9.17, 15) is 9.18 Å². The van der Waals surface area contributed by atoms with Crippen LogP contribution in [0.5, 0.6) is 0 Å². The van der Waals surface area contributed by atoms with Crippen LogP contribution in [0.1, 0.15) is 23.2 Å². The molecular formula is C14H17BrFNO2. The van der Waals surface area contributed by atoms with Crippen molar-refractivity contribution in [3.63, 3.8) is 0 Å². The molecule has 0 N–H and O–H groups in total. The lowest BCUT2D eigenvalue weighted by Gasteiger charge is -2.27. The van der Waals surface area contributed by atoms with Crippen LogP contribution in [0, 0.1) is 11.7 Å². The van der Waals surface area contributed by atoms with Crippen LogP contribution >= 0.6 is 15.9 Å². The highest BCUT2D eigenvalue weighted by Crippen LogP contribution is 2.20. The highest BCUT2D eigenvalue weighted by atomic mass is 79.9. The van der Waals surface area contributed by atoms with E-state index < -0.39 is 0 Å². The van der Waals surface area contributed by atoms with Gasteiger partial charge in [-0.1, -0.05) is 0 Å². The van der Waals surface area contributed by atoms with Gasteiger partial charge in [0.15, 0.2) is 0 Å². The van der Waals surface area contributed by atoms with Crippen LogP contribution in [0.3, 0.4) is 0 Å². The average Bonchev–Trinajstić information content (AvgIpc) is 2.42. The fraction of sp³-hybridized carbons (Fsp3) is 0.500. The van der Waals surface area contributed by atoms with Gasteiger partial charge in [0.05, 0.1) is 4.47 Å². The van der Waals surface area contributed by atoms with Gasteiger partial charge in [0, 0.05) is 32.4 Å². The third-order valence-corrected chi connectivity index (χ3v) is 3.99. The Labute approximate surface area is 120 Å². The summed E-state index contributed by atoms with van der Waals surface area (Å²) in [5.41, 5.74) is 0.503. The molecule has 2 rings (SSSR count). The second-order valence-electron chi connectivity index (χ2n) is 4.87. The lowest BCUT2D eigenvalue weighted by atomic mass is 9.99. The van der Waals surface area contributed by atoms with Crippen LogP contribution < -0.4 is 0 Å². The zero-order chi connectivity index (χ0) is 13.8. The molecule has 0 spiro atoms. The van der Waals surface area contributed by atoms with Crippen molar-refractivity contribution < 1.29 is 13.9 Å². The molecule has 1 aliphatic rings. The van der Waals surface area contributed by atoms with Gasteiger partial charge >= 0.3 is 0 Å². The topological polar surface area (TPSA) is 29.5 Å². The Bertz CT molecular complexity index is 461. The van der Waals surface area contributed by atoms with Crippen LogP contribution in [-0.2, 0) is 4.74 Å². The maximum atomic E-state index is 13.2. The zero-order valence-electron chi connectivity index (χ0n) is 10.9. The van der Waals surface area contributed by atoms with Crippen molar-refractivity contribution in [2.24, 2.45) is 5.92 Å². The van der Waals surface area contributed by atoms with Crippen LogP contribution in [0.2, 0.25) is 0 Å². The molecule has 0 aliphatic carbocycles. The van der Waals surface area contributed by atoms with Gasteiger partial charge in [-0.05, 0) is 52.9 Å². The zero-order valence-corrected chi connectivity index (χ0v) is 12.5. The van der Waals surface area contributed by atoms with E-state index in [1.165, 1.54) is 18.2 Å². The number of carbonyl (C=O) groups is 1. The first-order valence-corrected chi connectivity index (χ1v) is 7.15. The Morgan fingerprint density at radius 1 is 1.47 bits per heavy atom. The van der Waals surface area contributed by atoms with Crippen molar-refractivity contribution in [2.45, 2.75) is 12.8 Å². The normalized spacial score (nSPS) is 16.4. The molecule has 1 saturated heterocycles. The van der Waals surface area contributed by atoms with E-state index in [0.29, 0.717) is 16.0 Å². The second-order valence-corrected chi connectivity index (χ2v) is 5.72. The number of halogens is 2. The fourth-order valence-corrected chi connectivity index (χ4v) is 2.63. The van der Waals surface area contributed by atoms with Gasteiger partial charge in [-0.3, -0.25) is 4.79 Å². The van der Waals surface area contributed by atoms with Crippen molar-refractivity contribution in [2.75, 3.05) is 26.8 Å². The number of amides is 1. The highest BCUT2D eigenvalue weighted by molar-refractivity contribution is 9.10. The molecule has 19 heavy (non-hydrogen) atoms. The molecule has 104 valence electrons. The van der Waals surface area contributed by atoms with Crippen molar-refractivity contribution in [3.05, 3.63) is 34.1 Å². The van der Waals surface area contributed by atoms with E-state index in [0.717, 1.165) is 32.6 Å². The molecule has 3 nitrogen and oxygen atoms in total. The minimum Gasteiger partial charge on any atom is -0.381 e. The summed E-state index contributed by atoms with van der Waals surface area (Å²) in [7, 11) is 1.79. The molecule has 5 heteroatoms. The maximum Gasteiger partial charge on any atom is 0.253 e. The molecule has 1 heterocycles. The Hall–Kier alpha value is -0.940. The first-order chi connectivity index (χ1) is 9.08. The first kappa shape index (κ1) is 14.5. The number of rotatable bonds is 3. The molecule has 1 amide bonds. The minimum absolute atomic E-state index is 0.0767. The number of hydrogen-bond donors (Lipinski definition) is 0. The summed E-state index contributed by atoms with van der Waals surface area (Å²) < 4.78 is 18.8. The monoisotopic (exact) mass is 329 g/mol. The third kappa shape index (κ3) is 3.76. The largest absolute Gasteiger partial charge is 0.381 e. The smallest absolute Gasteiger partial charge is 0.253 e. The van der Waals surface area contributed by atoms with E-state index in [4.69, 9.17) is 4.74 Å². The van der Waals surface area contributed by atoms with E-state index in [-0.39, 0.29) is 11.7 Å². The summed E-state index contributed by atoms with van der Waals surface area (Å²) in [4.78, 5) is 13.9. The van der Waals surface area contributed by atoms with Crippen molar-refractivity contribution in [3.8, 4) is 0 Å². The Morgan fingerprint density at radius 3 is 2.79 bits per heavy atom. The van der Waals surface area contributed by atoms with Crippen LogP contribution in [0.15, 0.2) is 22.7 Å². The predicted octanol–water partition coefficient (Wildman–Crippen LogP) is 3.09. The van der Waals surface area contributed by atoms with E-state index >= 15 is 0 Å². The molecule has 1 aromatic carbocycles. The summed E-state index contributed by atoms with van der Waals surface area (Å²) in [5, 5.41) is 0. The molecule has 0 aromatic heterocycles. The SMILES string of the molecule is CN(CC1CCOCC1)C(=O)c1ccc(F)c(Br)c1. The fourth-order valence-electron chi connectivity index (χ4n) is 2.25. The van der Waals surface area contributed by atoms with Crippen LogP contribution in [-0.4, -0.2) is 37.6 Å². The van der Waals surface area contributed by atoms with Crippen LogP contribution in [0.25, 0.3) is 0 Å². The third-order valence-electron chi connectivity index (χ3n) is 3.39. The number of ether oxygens (including phenoxy) is 1. The molecule has 0 atom stereocenters. The van der Waals surface area contributed by atoms with Gasteiger partial charge < -0.3 is 9.64 Å². The lowest BCUT2D eigenvalue weighted by molar-refractivity contribution is 0.0497. The highest BCUT2D eigenvalue weighted by Gasteiger charge is 2.19. The molecule has 1 aliphatic heterocycles. The van der Waals surface area contributed by atoms with Gasteiger partial charge in [0.2, 0.25) is 0 Å². The molecular weight excluding hydrogens is 313 g/mol. The summed E-state index contributed by atoms with van der Waals surface area (Å²) in [6, 6.07) is 4.35. The standard InChI is InChI=1S/C14H17BrFNO2/c1-17(9-10-4-6-19-7-5-10)14(18)11-2-3-13(16)12(15)8-11/h2-3,8,10H,4-7,9H2,1H3. The Kier molecular flexibility index (Phi) is 4.93. The number of carbonyl (C=O) groups excluding carboxylic acids is 1. The molecule has 1 aromatic rings. The predicted molar refractivity (Wildman–Crippen MR) is 74.6 cm³/mol. The molecule has 0 radical (unpaired) electrons. The minimum atomic E-state index is -0.358. The van der Waals surface area contributed by atoms with Gasteiger partial charge in [-0.25, -0.2) is 4.39 Å². The maximum absolute atomic E-state index is 13.2. The lowest BCUT2D eigenvalue weighted by Crippen LogP contribution is -2.34. The van der Waals surface area contributed by atoms with Gasteiger partial charge in [-0.15, -0.1) is 0 Å². The number of nitrogens with zero attached hydrogens (tertiary/aromatic N) is 1. The summed E-state index contributed by atoms with van der Waals surface area (Å²) in [6.07, 6.45) is 1.98. The van der Waals surface area contributed by atoms with Crippen molar-refractivity contribution in [1.29, 1.82) is 0 Å². The van der Waals surface area contributed by atoms with Gasteiger partial charge in [0.1, 0.15) is 5.82 Å². The molecule has 0 saturated carbocycles. The van der Waals surface area contributed by atoms with E-state index in [1.807, 2.05) is 0 Å². The van der Waals surface area contributed by atoms with Crippen molar-refractivity contribution in [1.82, 2.24) is 4.90 Å². The number of benzene rings is 1. The molecule has 1 fully saturated rings. The summed E-state index contributed by atoms with van der Waals surface area (Å²) in [5.74, 6) is 0.0578. The Morgan fingerprint density at radius 2 is 2.16 bits per heavy atom. The second kappa shape index (κ2) is 6.48. The summed E-state index contributed by atoms with van der Waals surface area (Å²) >= 11 is 3.10. The van der Waals surface area contributed by atoms with Gasteiger partial charge in [0.25, 0.3) is 5.91 Å². The molecule has 0 unspecified atom stereocenters. The first-order valence-electron chi connectivity index (χ1n) is 6.36. The van der Waals surface area contributed by atoms with Crippen LogP contribution in [0.4, 0.5) is 4.39 Å². The summed E-state index contributed by atoms with van der Waals surface area (Å²) in [6.45, 7) is 2.26. The van der Waals surface area contributed by atoms with E-state index in [2.05, 4.69) is 15.9 Å². The van der Waals surface area contributed by atoms with Crippen molar-refractivity contribution >= 4 is 21.8 Å². The molecule has 0 bridgehead atoms. The number of hydrogen-bond acceptors (Lipinski definition) is 2. The quantitative estimate of drug-likeness (QED) is 0.852. The average molecular weight is 330 g/mol. The van der Waals surface area contributed by atoms with E-state index in [1.54, 1.807) is 11.9 Å². The van der Waals surface area contributed by atoms with Gasteiger partial charge in [-0.2, -0.15) is 0 Å². The Balaban J connectivity index is 1.99.